The van der Waals surface area contributed by atoms with Crippen LogP contribution in [0.1, 0.15) is 80.0 Å². The van der Waals surface area contributed by atoms with Crippen molar-refractivity contribution in [3.63, 3.8) is 0 Å². The zero-order valence-corrected chi connectivity index (χ0v) is 26.0. The van der Waals surface area contributed by atoms with Crippen molar-refractivity contribution in [2.75, 3.05) is 19.6 Å². The molecule has 4 amide bonds. The topological polar surface area (TPSA) is 149 Å². The number of ether oxygens (including phenoxy) is 1. The van der Waals surface area contributed by atoms with Gasteiger partial charge in [0.25, 0.3) is 11.8 Å². The summed E-state index contributed by atoms with van der Waals surface area (Å²) >= 11 is 0. The Hall–Kier alpha value is -4.32. The number of piperidine rings is 2. The summed E-state index contributed by atoms with van der Waals surface area (Å²) in [5.41, 5.74) is 0.697. The molecule has 5 rings (SSSR count). The molecule has 3 fully saturated rings. The normalized spacial score (nSPS) is 24.6. The molecule has 1 aromatic carbocycles. The quantitative estimate of drug-likeness (QED) is 0.165. The number of hydrogen-bond donors (Lipinski definition) is 2. The first-order valence-electron chi connectivity index (χ1n) is 15.6. The first-order chi connectivity index (χ1) is 21.5. The van der Waals surface area contributed by atoms with Gasteiger partial charge < -0.3 is 14.7 Å². The van der Waals surface area contributed by atoms with E-state index in [9.17, 15) is 24.0 Å². The number of nitrogens with zero attached hydrogens (tertiary/aromatic N) is 4. The average Bonchev–Trinajstić information content (AvgIpc) is 3.23. The highest BCUT2D eigenvalue weighted by molar-refractivity contribution is 6.23. The summed E-state index contributed by atoms with van der Waals surface area (Å²) in [4.78, 5) is 70.9. The van der Waals surface area contributed by atoms with Crippen LogP contribution in [0.5, 0.6) is 5.75 Å². The molecule has 45 heavy (non-hydrogen) atoms. The van der Waals surface area contributed by atoms with Gasteiger partial charge in [0, 0.05) is 56.6 Å². The first-order valence-corrected chi connectivity index (χ1v) is 15.6. The Bertz CT molecular complexity index is 1450. The van der Waals surface area contributed by atoms with Crippen molar-refractivity contribution < 1.29 is 33.8 Å². The van der Waals surface area contributed by atoms with Gasteiger partial charge in [0.15, 0.2) is 0 Å². The van der Waals surface area contributed by atoms with Crippen LogP contribution >= 0.6 is 0 Å². The zero-order chi connectivity index (χ0) is 32.4. The van der Waals surface area contributed by atoms with Crippen LogP contribution in [0.3, 0.4) is 0 Å². The Morgan fingerprint density at radius 3 is 2.42 bits per heavy atom. The standard InChI is InChI=1S/C33H41N5O7/c1-19(2)37(18-21-11-13-36(14-12-21)28(34-4)9-5-20(3)33(43)44)22-15-24(16-22)45-23-6-7-25-26(17-23)32(42)38(31(25)41)27-8-10-29(39)35-30(27)40/h5-7,9,17,19,21-22,24,27H,4,8,10-16,18H2,1-3H3,(H,43,44)(H,35,39,40)/b20-5+,28-9+/t22-,24-,27?. The van der Waals surface area contributed by atoms with Gasteiger partial charge in [-0.15, -0.1) is 0 Å². The SMILES string of the molecule is C=N/C(=C\C=C(/C)C(=O)O)N1CCC(CN(C(C)C)[C@H]2C[C@H](Oc3ccc4c(c3)C(=O)N(C3CCC(=O)NC3=O)C4=O)C2)CC1. The zero-order valence-electron chi connectivity index (χ0n) is 26.0. The van der Waals surface area contributed by atoms with E-state index in [2.05, 4.69) is 40.7 Å². The van der Waals surface area contributed by atoms with Crippen LogP contribution in [-0.4, -0.2) is 100.0 Å². The fourth-order valence-corrected chi connectivity index (χ4v) is 6.57. The number of allylic oxidation sites excluding steroid dienone is 2. The molecule has 0 radical (unpaired) electrons. The second-order valence-corrected chi connectivity index (χ2v) is 12.6. The fourth-order valence-electron chi connectivity index (χ4n) is 6.57. The van der Waals surface area contributed by atoms with Crippen LogP contribution in [0, 0.1) is 5.92 Å². The van der Waals surface area contributed by atoms with E-state index in [-0.39, 0.29) is 35.6 Å². The molecule has 3 heterocycles. The lowest BCUT2D eigenvalue weighted by atomic mass is 9.85. The maximum absolute atomic E-state index is 13.2. The molecule has 12 nitrogen and oxygen atoms in total. The third-order valence-corrected chi connectivity index (χ3v) is 9.31. The maximum Gasteiger partial charge on any atom is 0.331 e. The van der Waals surface area contributed by atoms with Crippen LogP contribution in [0.25, 0.3) is 0 Å². The van der Waals surface area contributed by atoms with Crippen LogP contribution < -0.4 is 10.1 Å². The van der Waals surface area contributed by atoms with E-state index in [0.717, 1.165) is 50.2 Å². The molecular formula is C33H41N5O7. The Labute approximate surface area is 262 Å². The van der Waals surface area contributed by atoms with Crippen molar-refractivity contribution in [2.45, 2.75) is 83.5 Å². The van der Waals surface area contributed by atoms with Gasteiger partial charge in [-0.25, -0.2) is 9.79 Å². The second-order valence-electron chi connectivity index (χ2n) is 12.6. The third kappa shape index (κ3) is 6.85. The van der Waals surface area contributed by atoms with E-state index in [1.165, 1.54) is 0 Å². The van der Waals surface area contributed by atoms with Crippen molar-refractivity contribution >= 4 is 36.3 Å². The Morgan fingerprint density at radius 2 is 1.80 bits per heavy atom. The monoisotopic (exact) mass is 619 g/mol. The summed E-state index contributed by atoms with van der Waals surface area (Å²) in [7, 11) is 0. The fraction of sp³-hybridized carbons (Fsp3) is 0.515. The maximum atomic E-state index is 13.2. The molecule has 0 aromatic heterocycles. The molecule has 0 spiro atoms. The van der Waals surface area contributed by atoms with Crippen LogP contribution in [0.2, 0.25) is 0 Å². The molecule has 3 aliphatic heterocycles. The number of imide groups is 2. The van der Waals surface area contributed by atoms with Gasteiger partial charge in [-0.2, -0.15) is 0 Å². The number of likely N-dealkylation sites (tertiary alicyclic amines) is 1. The van der Waals surface area contributed by atoms with E-state index >= 15 is 0 Å². The van der Waals surface area contributed by atoms with Crippen molar-refractivity contribution in [2.24, 2.45) is 10.9 Å². The summed E-state index contributed by atoms with van der Waals surface area (Å²) < 4.78 is 6.23. The van der Waals surface area contributed by atoms with Gasteiger partial charge in [0.05, 0.1) is 11.1 Å². The lowest BCUT2D eigenvalue weighted by Gasteiger charge is -2.46. The summed E-state index contributed by atoms with van der Waals surface area (Å²) in [6, 6.07) is 4.60. The van der Waals surface area contributed by atoms with Crippen molar-refractivity contribution in [3.8, 4) is 5.75 Å². The predicted octanol–water partition coefficient (Wildman–Crippen LogP) is 2.99. The summed E-state index contributed by atoms with van der Waals surface area (Å²) in [5, 5.41) is 11.3. The summed E-state index contributed by atoms with van der Waals surface area (Å²) in [5.74, 6) is -1.34. The first kappa shape index (κ1) is 32.1. The summed E-state index contributed by atoms with van der Waals surface area (Å²) in [6.45, 7) is 12.3. The minimum absolute atomic E-state index is 0.0109. The molecule has 12 heteroatoms. The van der Waals surface area contributed by atoms with Gasteiger partial charge in [0.2, 0.25) is 11.8 Å². The molecule has 240 valence electrons. The van der Waals surface area contributed by atoms with Crippen LogP contribution in [0.4, 0.5) is 0 Å². The van der Waals surface area contributed by atoms with Gasteiger partial charge in [-0.05, 0) is 83.0 Å². The Balaban J connectivity index is 1.13. The molecule has 4 aliphatic rings. The minimum Gasteiger partial charge on any atom is -0.490 e. The van der Waals surface area contributed by atoms with Gasteiger partial charge >= 0.3 is 5.97 Å². The van der Waals surface area contributed by atoms with Gasteiger partial charge in [0.1, 0.15) is 23.7 Å². The number of hydrogen-bond acceptors (Lipinski definition) is 9. The average molecular weight is 620 g/mol. The molecule has 1 atom stereocenters. The number of fused-ring (bicyclic) bond motifs is 1. The third-order valence-electron chi connectivity index (χ3n) is 9.31. The van der Waals surface area contributed by atoms with Crippen LogP contribution in [-0.2, 0) is 14.4 Å². The summed E-state index contributed by atoms with van der Waals surface area (Å²) in [6.07, 6.45) is 7.17. The number of carboxylic acids is 1. The highest BCUT2D eigenvalue weighted by atomic mass is 16.5. The molecule has 1 aliphatic carbocycles. The van der Waals surface area contributed by atoms with E-state index in [1.54, 1.807) is 37.3 Å². The molecule has 1 aromatic rings. The molecular weight excluding hydrogens is 578 g/mol. The van der Waals surface area contributed by atoms with Crippen molar-refractivity contribution in [1.82, 2.24) is 20.0 Å². The van der Waals surface area contributed by atoms with Crippen molar-refractivity contribution in [3.05, 3.63) is 52.9 Å². The molecule has 0 bridgehead atoms. The highest BCUT2D eigenvalue weighted by Crippen LogP contribution is 2.35. The minimum atomic E-state index is -0.997. The lowest BCUT2D eigenvalue weighted by molar-refractivity contribution is -0.136. The lowest BCUT2D eigenvalue weighted by Crippen LogP contribution is -2.54. The molecule has 1 unspecified atom stereocenters. The number of carbonyl (C=O) groups excluding carboxylic acids is 4. The predicted molar refractivity (Wildman–Crippen MR) is 166 cm³/mol. The number of aliphatic imine (C=N–C) groups is 1. The number of carboxylic acid groups (broad SMARTS) is 1. The van der Waals surface area contributed by atoms with E-state index in [1.807, 2.05) is 0 Å². The van der Waals surface area contributed by atoms with E-state index in [0.29, 0.717) is 29.6 Å². The molecule has 2 saturated heterocycles. The number of amides is 4. The molecule has 2 N–H and O–H groups in total. The molecule has 1 saturated carbocycles. The Morgan fingerprint density at radius 1 is 1.11 bits per heavy atom. The number of carbonyl (C=O) groups is 5. The number of rotatable bonds is 11. The van der Waals surface area contributed by atoms with Gasteiger partial charge in [-0.1, -0.05) is 0 Å². The Kier molecular flexibility index (Phi) is 9.52. The number of aliphatic carboxylic acids is 1. The van der Waals surface area contributed by atoms with E-state index in [4.69, 9.17) is 9.84 Å². The highest BCUT2D eigenvalue weighted by Gasteiger charge is 2.45. The number of benzene rings is 1. The number of nitrogens with one attached hydrogen (secondary N) is 1. The van der Waals surface area contributed by atoms with E-state index < -0.39 is 35.6 Å². The second kappa shape index (κ2) is 13.4. The smallest absolute Gasteiger partial charge is 0.331 e. The van der Waals surface area contributed by atoms with Crippen molar-refractivity contribution in [1.29, 1.82) is 0 Å². The van der Waals surface area contributed by atoms with Gasteiger partial charge in [-0.3, -0.25) is 34.3 Å². The van der Waals surface area contributed by atoms with Crippen LogP contribution in [0.15, 0.2) is 46.7 Å². The largest absolute Gasteiger partial charge is 0.490 e.